The van der Waals surface area contributed by atoms with E-state index in [1.54, 1.807) is 19.1 Å². The lowest BCUT2D eigenvalue weighted by molar-refractivity contribution is 0.120. The Hall–Kier alpha value is -0.660. The third kappa shape index (κ3) is 4.20. The summed E-state index contributed by atoms with van der Waals surface area (Å²) in [7, 11) is -1.48. The summed E-state index contributed by atoms with van der Waals surface area (Å²) in [6.45, 7) is 8.19. The number of likely N-dealkylation sites (N-methyl/N-ethyl adjacent to an activating group) is 1. The molecule has 1 aromatic rings. The summed E-state index contributed by atoms with van der Waals surface area (Å²) in [6.07, 6.45) is 0. The Bertz CT molecular complexity index is 613. The SMILES string of the molecule is Cc1cccc(S(=O)(=O)NC[C@H](C)N2CCN(C)CC2)c1Cl. The maximum Gasteiger partial charge on any atom is 0.242 e. The van der Waals surface area contributed by atoms with E-state index in [2.05, 4.69) is 21.6 Å². The van der Waals surface area contributed by atoms with Crippen LogP contribution in [0.4, 0.5) is 0 Å². The van der Waals surface area contributed by atoms with E-state index in [0.29, 0.717) is 11.6 Å². The summed E-state index contributed by atoms with van der Waals surface area (Å²) in [5, 5.41) is 0.294. The number of hydrogen-bond acceptors (Lipinski definition) is 4. The molecule has 0 radical (unpaired) electrons. The first-order valence-corrected chi connectivity index (χ1v) is 9.35. The van der Waals surface area contributed by atoms with Crippen molar-refractivity contribution in [2.45, 2.75) is 24.8 Å². The zero-order valence-corrected chi connectivity index (χ0v) is 14.9. The first kappa shape index (κ1) is 17.7. The van der Waals surface area contributed by atoms with Crippen LogP contribution in [-0.4, -0.2) is 64.0 Å². The van der Waals surface area contributed by atoms with Crippen LogP contribution in [0.5, 0.6) is 0 Å². The van der Waals surface area contributed by atoms with Gasteiger partial charge in [0.25, 0.3) is 0 Å². The average Bonchev–Trinajstić information content (AvgIpc) is 2.48. The minimum atomic E-state index is -3.58. The van der Waals surface area contributed by atoms with Gasteiger partial charge in [-0.15, -0.1) is 0 Å². The van der Waals surface area contributed by atoms with Crippen LogP contribution in [-0.2, 0) is 10.0 Å². The van der Waals surface area contributed by atoms with Crippen LogP contribution in [0, 0.1) is 6.92 Å². The number of sulfonamides is 1. The molecule has 1 heterocycles. The number of aryl methyl sites for hydroxylation is 1. The molecule has 124 valence electrons. The van der Waals surface area contributed by atoms with Crippen molar-refractivity contribution in [3.63, 3.8) is 0 Å². The summed E-state index contributed by atoms with van der Waals surface area (Å²) < 4.78 is 27.5. The van der Waals surface area contributed by atoms with Crippen molar-refractivity contribution in [3.05, 3.63) is 28.8 Å². The molecular weight excluding hydrogens is 322 g/mol. The van der Waals surface area contributed by atoms with Gasteiger partial charge in [-0.05, 0) is 32.5 Å². The molecule has 0 bridgehead atoms. The van der Waals surface area contributed by atoms with Gasteiger partial charge in [-0.2, -0.15) is 0 Å². The van der Waals surface area contributed by atoms with Crippen molar-refractivity contribution >= 4 is 21.6 Å². The van der Waals surface area contributed by atoms with E-state index in [9.17, 15) is 8.42 Å². The van der Waals surface area contributed by atoms with Gasteiger partial charge < -0.3 is 4.90 Å². The van der Waals surface area contributed by atoms with Crippen molar-refractivity contribution in [3.8, 4) is 0 Å². The second-order valence-corrected chi connectivity index (χ2v) is 8.04. The Morgan fingerprint density at radius 3 is 2.55 bits per heavy atom. The van der Waals surface area contributed by atoms with Crippen molar-refractivity contribution in [1.29, 1.82) is 0 Å². The van der Waals surface area contributed by atoms with Crippen molar-refractivity contribution in [2.75, 3.05) is 39.8 Å². The lowest BCUT2D eigenvalue weighted by Crippen LogP contribution is -2.51. The van der Waals surface area contributed by atoms with Gasteiger partial charge >= 0.3 is 0 Å². The minimum Gasteiger partial charge on any atom is -0.304 e. The van der Waals surface area contributed by atoms with Gasteiger partial charge in [0.15, 0.2) is 0 Å². The second-order valence-electron chi connectivity index (χ2n) is 5.93. The fourth-order valence-corrected chi connectivity index (χ4v) is 4.23. The van der Waals surface area contributed by atoms with Gasteiger partial charge in [-0.3, -0.25) is 4.90 Å². The van der Waals surface area contributed by atoms with Gasteiger partial charge in [0.05, 0.1) is 5.02 Å². The summed E-state index contributed by atoms with van der Waals surface area (Å²) >= 11 is 6.12. The number of piperazine rings is 1. The predicted molar refractivity (Wildman–Crippen MR) is 89.9 cm³/mol. The Morgan fingerprint density at radius 1 is 1.27 bits per heavy atom. The van der Waals surface area contributed by atoms with E-state index in [1.165, 1.54) is 6.07 Å². The molecule has 1 fully saturated rings. The Balaban J connectivity index is 1.99. The van der Waals surface area contributed by atoms with Gasteiger partial charge in [-0.1, -0.05) is 23.7 Å². The molecule has 1 saturated heterocycles. The van der Waals surface area contributed by atoms with Crippen LogP contribution < -0.4 is 4.72 Å². The molecule has 1 aliphatic rings. The number of benzene rings is 1. The molecule has 0 amide bonds. The van der Waals surface area contributed by atoms with Crippen LogP contribution in [0.1, 0.15) is 12.5 Å². The normalized spacial score (nSPS) is 19.3. The first-order valence-electron chi connectivity index (χ1n) is 7.48. The molecule has 1 aliphatic heterocycles. The number of nitrogens with one attached hydrogen (secondary N) is 1. The molecule has 0 unspecified atom stereocenters. The zero-order valence-electron chi connectivity index (χ0n) is 13.3. The van der Waals surface area contributed by atoms with Crippen molar-refractivity contribution < 1.29 is 8.42 Å². The zero-order chi connectivity index (χ0) is 16.3. The van der Waals surface area contributed by atoms with Crippen molar-refractivity contribution in [1.82, 2.24) is 14.5 Å². The monoisotopic (exact) mass is 345 g/mol. The van der Waals surface area contributed by atoms with E-state index >= 15 is 0 Å². The molecule has 0 saturated carbocycles. The molecule has 5 nitrogen and oxygen atoms in total. The molecule has 7 heteroatoms. The van der Waals surface area contributed by atoms with E-state index < -0.39 is 10.0 Å². The number of hydrogen-bond donors (Lipinski definition) is 1. The van der Waals surface area contributed by atoms with E-state index in [-0.39, 0.29) is 10.9 Å². The lowest BCUT2D eigenvalue weighted by Gasteiger charge is -2.36. The number of rotatable bonds is 5. The summed E-state index contributed by atoms with van der Waals surface area (Å²) in [5.74, 6) is 0. The Kier molecular flexibility index (Phi) is 5.85. The minimum absolute atomic E-state index is 0.153. The smallest absolute Gasteiger partial charge is 0.242 e. The Morgan fingerprint density at radius 2 is 1.91 bits per heavy atom. The molecular formula is C15H24ClN3O2S. The quantitative estimate of drug-likeness (QED) is 0.880. The standard InChI is InChI=1S/C15H24ClN3O2S/c1-12-5-4-6-14(15(12)16)22(20,21)17-11-13(2)19-9-7-18(3)8-10-19/h4-6,13,17H,7-11H2,1-3H3/t13-/m0/s1. The summed E-state index contributed by atoms with van der Waals surface area (Å²) in [6, 6.07) is 5.21. The molecule has 0 spiro atoms. The highest BCUT2D eigenvalue weighted by atomic mass is 35.5. The highest BCUT2D eigenvalue weighted by molar-refractivity contribution is 7.89. The topological polar surface area (TPSA) is 52.7 Å². The molecule has 22 heavy (non-hydrogen) atoms. The maximum atomic E-state index is 12.4. The Labute approximate surface area is 138 Å². The molecule has 2 rings (SSSR count). The summed E-state index contributed by atoms with van der Waals surface area (Å²) in [5.41, 5.74) is 0.761. The largest absolute Gasteiger partial charge is 0.304 e. The van der Waals surface area contributed by atoms with Crippen molar-refractivity contribution in [2.24, 2.45) is 0 Å². The fraction of sp³-hybridized carbons (Fsp3) is 0.600. The second kappa shape index (κ2) is 7.27. The van der Waals surface area contributed by atoms with Crippen LogP contribution in [0.3, 0.4) is 0 Å². The number of nitrogens with zero attached hydrogens (tertiary/aromatic N) is 2. The van der Waals surface area contributed by atoms with Gasteiger partial charge in [0, 0.05) is 38.8 Å². The fourth-order valence-electron chi connectivity index (χ4n) is 2.53. The lowest BCUT2D eigenvalue weighted by atomic mass is 10.2. The van der Waals surface area contributed by atoms with Crippen LogP contribution in [0.25, 0.3) is 0 Å². The van der Waals surface area contributed by atoms with E-state index in [0.717, 1.165) is 31.7 Å². The average molecular weight is 346 g/mol. The third-order valence-corrected chi connectivity index (χ3v) is 6.26. The van der Waals surface area contributed by atoms with Crippen LogP contribution >= 0.6 is 11.6 Å². The van der Waals surface area contributed by atoms with Gasteiger partial charge in [0.1, 0.15) is 4.90 Å². The van der Waals surface area contributed by atoms with E-state index in [4.69, 9.17) is 11.6 Å². The molecule has 0 aromatic heterocycles. The molecule has 1 N–H and O–H groups in total. The van der Waals surface area contributed by atoms with Crippen LogP contribution in [0.2, 0.25) is 5.02 Å². The maximum absolute atomic E-state index is 12.4. The molecule has 1 aromatic carbocycles. The first-order chi connectivity index (χ1) is 10.3. The molecule has 0 aliphatic carbocycles. The highest BCUT2D eigenvalue weighted by Crippen LogP contribution is 2.24. The molecule has 1 atom stereocenters. The highest BCUT2D eigenvalue weighted by Gasteiger charge is 2.23. The summed E-state index contributed by atoms with van der Waals surface area (Å²) in [4.78, 5) is 4.74. The number of halogens is 1. The third-order valence-electron chi connectivity index (χ3n) is 4.18. The van der Waals surface area contributed by atoms with Gasteiger partial charge in [-0.25, -0.2) is 13.1 Å². The van der Waals surface area contributed by atoms with Gasteiger partial charge in [0.2, 0.25) is 10.0 Å². The van der Waals surface area contributed by atoms with E-state index in [1.807, 2.05) is 6.92 Å². The predicted octanol–water partition coefficient (Wildman–Crippen LogP) is 1.56. The van der Waals surface area contributed by atoms with Crippen LogP contribution in [0.15, 0.2) is 23.1 Å².